The molecule has 0 unspecified atom stereocenters. The summed E-state index contributed by atoms with van der Waals surface area (Å²) in [6.07, 6.45) is 3.54. The second-order valence-electron chi connectivity index (χ2n) is 7.42. The minimum atomic E-state index is -0.585. The summed E-state index contributed by atoms with van der Waals surface area (Å²) in [7, 11) is 0. The van der Waals surface area contributed by atoms with Crippen molar-refractivity contribution in [3.8, 4) is 5.69 Å². The van der Waals surface area contributed by atoms with Crippen LogP contribution in [0, 0.1) is 19.7 Å². The standard InChI is InChI=1S/C24H20FN3O3S/c1-15-8-9-20(16(2)11-15)27-10-4-7-19(27)13-21-23(30)28(24(31)32-21)14-22(29)26-18-6-3-5-17(25)12-18/h3-13H,14H2,1-2H3,(H,26,29)/b21-13+. The van der Waals surface area contributed by atoms with E-state index in [1.54, 1.807) is 6.08 Å². The first-order chi connectivity index (χ1) is 15.3. The minimum Gasteiger partial charge on any atom is -0.324 e. The van der Waals surface area contributed by atoms with E-state index in [2.05, 4.69) is 11.4 Å². The molecule has 0 bridgehead atoms. The van der Waals surface area contributed by atoms with Crippen molar-refractivity contribution in [2.24, 2.45) is 0 Å². The summed E-state index contributed by atoms with van der Waals surface area (Å²) in [4.78, 5) is 38.6. The highest BCUT2D eigenvalue weighted by atomic mass is 32.2. The third-order valence-corrected chi connectivity index (χ3v) is 5.86. The van der Waals surface area contributed by atoms with Gasteiger partial charge in [0.15, 0.2) is 0 Å². The van der Waals surface area contributed by atoms with Crippen LogP contribution in [-0.2, 0) is 9.59 Å². The van der Waals surface area contributed by atoms with Gasteiger partial charge in [0.05, 0.1) is 4.91 Å². The van der Waals surface area contributed by atoms with E-state index in [9.17, 15) is 18.8 Å². The Balaban J connectivity index is 1.52. The van der Waals surface area contributed by atoms with Crippen molar-refractivity contribution in [3.05, 3.63) is 88.3 Å². The van der Waals surface area contributed by atoms with Crippen LogP contribution < -0.4 is 5.32 Å². The fraction of sp³-hybridized carbons (Fsp3) is 0.125. The third-order valence-electron chi connectivity index (χ3n) is 4.95. The van der Waals surface area contributed by atoms with Crippen LogP contribution in [0.3, 0.4) is 0 Å². The van der Waals surface area contributed by atoms with Crippen molar-refractivity contribution < 1.29 is 18.8 Å². The van der Waals surface area contributed by atoms with Crippen LogP contribution in [0.4, 0.5) is 14.9 Å². The number of hydrogen-bond acceptors (Lipinski definition) is 4. The molecule has 4 rings (SSSR count). The Morgan fingerprint density at radius 2 is 1.91 bits per heavy atom. The van der Waals surface area contributed by atoms with E-state index in [-0.39, 0.29) is 10.6 Å². The molecule has 2 aromatic carbocycles. The van der Waals surface area contributed by atoms with Crippen LogP contribution in [0.2, 0.25) is 0 Å². The van der Waals surface area contributed by atoms with Gasteiger partial charge in [-0.25, -0.2) is 4.39 Å². The molecule has 1 N–H and O–H groups in total. The fourth-order valence-electron chi connectivity index (χ4n) is 3.49. The van der Waals surface area contributed by atoms with Crippen molar-refractivity contribution in [1.82, 2.24) is 9.47 Å². The second kappa shape index (κ2) is 8.84. The largest absolute Gasteiger partial charge is 0.324 e. The minimum absolute atomic E-state index is 0.235. The Bertz CT molecular complexity index is 1260. The number of thioether (sulfide) groups is 1. The Hall–Kier alpha value is -3.65. The Morgan fingerprint density at radius 1 is 1.09 bits per heavy atom. The monoisotopic (exact) mass is 449 g/mol. The number of hydrogen-bond donors (Lipinski definition) is 1. The predicted molar refractivity (Wildman–Crippen MR) is 123 cm³/mol. The predicted octanol–water partition coefficient (Wildman–Crippen LogP) is 4.91. The molecule has 3 amide bonds. The molecule has 3 aromatic rings. The highest BCUT2D eigenvalue weighted by molar-refractivity contribution is 8.18. The van der Waals surface area contributed by atoms with Gasteiger partial charge in [0.25, 0.3) is 11.1 Å². The maximum absolute atomic E-state index is 13.3. The van der Waals surface area contributed by atoms with Crippen molar-refractivity contribution in [2.45, 2.75) is 13.8 Å². The van der Waals surface area contributed by atoms with Crippen LogP contribution >= 0.6 is 11.8 Å². The van der Waals surface area contributed by atoms with E-state index in [0.29, 0.717) is 0 Å². The van der Waals surface area contributed by atoms with Gasteiger partial charge in [0, 0.05) is 23.3 Å². The molecule has 1 aliphatic rings. The molecule has 8 heteroatoms. The molecule has 0 saturated carbocycles. The number of carbonyl (C=O) groups is 3. The van der Waals surface area contributed by atoms with Crippen LogP contribution in [0.1, 0.15) is 16.8 Å². The summed E-state index contributed by atoms with van der Waals surface area (Å²) in [6, 6.07) is 15.2. The van der Waals surface area contributed by atoms with Gasteiger partial charge in [-0.15, -0.1) is 0 Å². The molecule has 32 heavy (non-hydrogen) atoms. The quantitative estimate of drug-likeness (QED) is 0.562. The summed E-state index contributed by atoms with van der Waals surface area (Å²) in [5.41, 5.74) is 4.20. The zero-order valence-corrected chi connectivity index (χ0v) is 18.3. The number of amides is 3. The Morgan fingerprint density at radius 3 is 2.66 bits per heavy atom. The summed E-state index contributed by atoms with van der Waals surface area (Å²) in [5, 5.41) is 1.97. The average molecular weight is 450 g/mol. The van der Waals surface area contributed by atoms with Crippen molar-refractivity contribution in [1.29, 1.82) is 0 Å². The van der Waals surface area contributed by atoms with Crippen LogP contribution in [0.25, 0.3) is 11.8 Å². The van der Waals surface area contributed by atoms with E-state index >= 15 is 0 Å². The molecule has 0 radical (unpaired) electrons. The van der Waals surface area contributed by atoms with Crippen LogP contribution in [0.15, 0.2) is 65.7 Å². The number of nitrogens with one attached hydrogen (secondary N) is 1. The Kier molecular flexibility index (Phi) is 5.96. The third kappa shape index (κ3) is 4.50. The van der Waals surface area contributed by atoms with E-state index in [4.69, 9.17) is 0 Å². The molecule has 162 valence electrons. The number of nitrogens with zero attached hydrogens (tertiary/aromatic N) is 2. The highest BCUT2D eigenvalue weighted by Crippen LogP contribution is 2.33. The molecular weight excluding hydrogens is 429 g/mol. The number of carbonyl (C=O) groups excluding carboxylic acids is 3. The SMILES string of the molecule is Cc1ccc(-n2cccc2/C=C2/SC(=O)N(CC(=O)Nc3cccc(F)c3)C2=O)c(C)c1. The summed E-state index contributed by atoms with van der Waals surface area (Å²) in [6.45, 7) is 3.58. The van der Waals surface area contributed by atoms with Crippen molar-refractivity contribution >= 4 is 40.6 Å². The van der Waals surface area contributed by atoms with E-state index < -0.39 is 29.4 Å². The zero-order chi connectivity index (χ0) is 22.8. The number of imide groups is 1. The molecule has 2 heterocycles. The lowest BCUT2D eigenvalue weighted by Gasteiger charge is -2.13. The van der Waals surface area contributed by atoms with Gasteiger partial charge in [0.1, 0.15) is 12.4 Å². The first-order valence-corrected chi connectivity index (χ1v) is 10.7. The normalized spacial score (nSPS) is 15.0. The lowest BCUT2D eigenvalue weighted by molar-refractivity contribution is -0.127. The fourth-order valence-corrected chi connectivity index (χ4v) is 4.31. The topological polar surface area (TPSA) is 71.4 Å². The number of benzene rings is 2. The van der Waals surface area contributed by atoms with Gasteiger partial charge in [-0.3, -0.25) is 19.3 Å². The first kappa shape index (κ1) is 21.6. The van der Waals surface area contributed by atoms with Gasteiger partial charge in [-0.1, -0.05) is 23.8 Å². The van der Waals surface area contributed by atoms with Crippen molar-refractivity contribution in [3.63, 3.8) is 0 Å². The van der Waals surface area contributed by atoms with Gasteiger partial charge in [0.2, 0.25) is 5.91 Å². The number of rotatable bonds is 5. The second-order valence-corrected chi connectivity index (χ2v) is 8.41. The maximum atomic E-state index is 13.3. The Labute approximate surface area is 188 Å². The highest BCUT2D eigenvalue weighted by Gasteiger charge is 2.36. The zero-order valence-electron chi connectivity index (χ0n) is 17.5. The molecule has 0 spiro atoms. The first-order valence-electron chi connectivity index (χ1n) is 9.87. The van der Waals surface area contributed by atoms with E-state index in [1.165, 1.54) is 18.2 Å². The number of aryl methyl sites for hydroxylation is 2. The van der Waals surface area contributed by atoms with Gasteiger partial charge >= 0.3 is 0 Å². The summed E-state index contributed by atoms with van der Waals surface area (Å²) < 4.78 is 15.2. The molecule has 1 aliphatic heterocycles. The smallest absolute Gasteiger partial charge is 0.294 e. The molecule has 1 saturated heterocycles. The molecule has 0 aliphatic carbocycles. The van der Waals surface area contributed by atoms with E-state index in [1.807, 2.05) is 48.9 Å². The van der Waals surface area contributed by atoms with Gasteiger partial charge in [-0.2, -0.15) is 0 Å². The average Bonchev–Trinajstić information content (AvgIpc) is 3.28. The van der Waals surface area contributed by atoms with Gasteiger partial charge < -0.3 is 9.88 Å². The van der Waals surface area contributed by atoms with Gasteiger partial charge in [-0.05, 0) is 73.6 Å². The maximum Gasteiger partial charge on any atom is 0.294 e. The van der Waals surface area contributed by atoms with E-state index in [0.717, 1.165) is 45.2 Å². The van der Waals surface area contributed by atoms with Crippen LogP contribution in [-0.4, -0.2) is 33.1 Å². The molecule has 0 atom stereocenters. The number of aromatic nitrogens is 1. The van der Waals surface area contributed by atoms with Crippen LogP contribution in [0.5, 0.6) is 0 Å². The lowest BCUT2D eigenvalue weighted by atomic mass is 10.1. The molecule has 1 fully saturated rings. The molecule has 1 aromatic heterocycles. The molecular formula is C24H20FN3O3S. The number of anilines is 1. The lowest BCUT2D eigenvalue weighted by Crippen LogP contribution is -2.36. The summed E-state index contributed by atoms with van der Waals surface area (Å²) in [5.74, 6) is -1.62. The molecule has 6 nitrogen and oxygen atoms in total. The summed E-state index contributed by atoms with van der Waals surface area (Å²) >= 11 is 0.787. The van der Waals surface area contributed by atoms with Crippen molar-refractivity contribution in [2.75, 3.05) is 11.9 Å². The number of halogens is 1.